The summed E-state index contributed by atoms with van der Waals surface area (Å²) in [4.78, 5) is 16.4. The largest absolute Gasteiger partial charge is 0.373 e. The van der Waals surface area contributed by atoms with Gasteiger partial charge < -0.3 is 10.6 Å². The van der Waals surface area contributed by atoms with E-state index in [0.717, 1.165) is 18.5 Å². The summed E-state index contributed by atoms with van der Waals surface area (Å²) in [7, 11) is 1.08. The molecular weight excluding hydrogens is 262 g/mol. The number of nitrogens with zero attached hydrogens (tertiary/aromatic N) is 1. The highest BCUT2D eigenvalue weighted by Gasteiger charge is 2.20. The zero-order chi connectivity index (χ0) is 13.8. The molecule has 2 N–H and O–H groups in total. The molecule has 19 heavy (non-hydrogen) atoms. The molecule has 2 rings (SSSR count). The zero-order valence-electron chi connectivity index (χ0n) is 11.2. The number of hydrogen-bond acceptors (Lipinski definition) is 4. The maximum Gasteiger partial charge on any atom is 0.251 e. The predicted octanol–water partition coefficient (Wildman–Crippen LogP) is 1.07. The highest BCUT2D eigenvalue weighted by Crippen LogP contribution is 2.13. The number of rotatable bonds is 3. The van der Waals surface area contributed by atoms with E-state index in [2.05, 4.69) is 15.6 Å². The lowest BCUT2D eigenvalue weighted by Crippen LogP contribution is -2.39. The molecule has 1 aliphatic heterocycles. The van der Waals surface area contributed by atoms with Crippen molar-refractivity contribution in [3.63, 3.8) is 0 Å². The van der Waals surface area contributed by atoms with Crippen molar-refractivity contribution in [3.8, 4) is 0 Å². The summed E-state index contributed by atoms with van der Waals surface area (Å²) in [5.41, 5.74) is 1.42. The van der Waals surface area contributed by atoms with Crippen LogP contribution >= 0.6 is 0 Å². The van der Waals surface area contributed by atoms with Crippen molar-refractivity contribution in [2.24, 2.45) is 0 Å². The Morgan fingerprint density at radius 2 is 2.05 bits per heavy atom. The van der Waals surface area contributed by atoms with Gasteiger partial charge in [0, 0.05) is 46.7 Å². The Kier molecular flexibility index (Phi) is 4.52. The van der Waals surface area contributed by atoms with Crippen LogP contribution in [0.5, 0.6) is 0 Å². The molecule has 1 aliphatic rings. The highest BCUT2D eigenvalue weighted by atomic mass is 32.2. The van der Waals surface area contributed by atoms with Crippen molar-refractivity contribution >= 4 is 22.5 Å². The molecule has 5 nitrogen and oxygen atoms in total. The number of carbonyl (C=O) groups is 1. The Balaban J connectivity index is 2.03. The first kappa shape index (κ1) is 14.0. The molecule has 6 heteroatoms. The van der Waals surface area contributed by atoms with Crippen molar-refractivity contribution in [1.29, 1.82) is 0 Å². The average molecular weight is 281 g/mol. The van der Waals surface area contributed by atoms with Gasteiger partial charge in [-0.25, -0.2) is 4.98 Å². The molecule has 0 unspecified atom stereocenters. The summed E-state index contributed by atoms with van der Waals surface area (Å²) in [5.74, 6) is 1.97. The SMILES string of the molecule is CNc1cc(C(=O)NC2CCS(=O)CC2)cc(C)n1. The number of pyridine rings is 1. The van der Waals surface area contributed by atoms with Gasteiger partial charge in [0.25, 0.3) is 5.91 Å². The first-order chi connectivity index (χ1) is 9.08. The Labute approximate surface area is 115 Å². The Morgan fingerprint density at radius 3 is 2.68 bits per heavy atom. The standard InChI is InChI=1S/C13H19N3O2S/c1-9-7-10(8-12(14-2)15-9)13(17)16-11-3-5-19(18)6-4-11/h7-8,11H,3-6H2,1-2H3,(H,14,15)(H,16,17). The van der Waals surface area contributed by atoms with Crippen LogP contribution in [0.15, 0.2) is 12.1 Å². The summed E-state index contributed by atoms with van der Waals surface area (Å²) < 4.78 is 11.3. The maximum atomic E-state index is 12.2. The van der Waals surface area contributed by atoms with Crippen molar-refractivity contribution in [2.75, 3.05) is 23.9 Å². The molecule has 0 aliphatic carbocycles. The summed E-state index contributed by atoms with van der Waals surface area (Å²) >= 11 is 0. The third-order valence-electron chi connectivity index (χ3n) is 3.19. The van der Waals surface area contributed by atoms with Gasteiger partial charge in [0.1, 0.15) is 5.82 Å². The van der Waals surface area contributed by atoms with Gasteiger partial charge in [0.15, 0.2) is 0 Å². The Morgan fingerprint density at radius 1 is 1.37 bits per heavy atom. The lowest BCUT2D eigenvalue weighted by atomic mass is 10.1. The number of nitrogens with one attached hydrogen (secondary N) is 2. The second kappa shape index (κ2) is 6.14. The van der Waals surface area contributed by atoms with E-state index >= 15 is 0 Å². The van der Waals surface area contributed by atoms with E-state index < -0.39 is 10.8 Å². The van der Waals surface area contributed by atoms with Crippen LogP contribution in [0.25, 0.3) is 0 Å². The molecule has 0 spiro atoms. The molecule has 1 aromatic rings. The monoisotopic (exact) mass is 281 g/mol. The fourth-order valence-corrected chi connectivity index (χ4v) is 3.43. The van der Waals surface area contributed by atoms with E-state index in [9.17, 15) is 9.00 Å². The molecule has 0 aromatic carbocycles. The summed E-state index contributed by atoms with van der Waals surface area (Å²) in [6.07, 6.45) is 1.59. The lowest BCUT2D eigenvalue weighted by Gasteiger charge is -2.22. The summed E-state index contributed by atoms with van der Waals surface area (Å²) in [6, 6.07) is 3.65. The minimum Gasteiger partial charge on any atom is -0.373 e. The van der Waals surface area contributed by atoms with Gasteiger partial charge in [0.05, 0.1) is 0 Å². The van der Waals surface area contributed by atoms with Crippen molar-refractivity contribution in [3.05, 3.63) is 23.4 Å². The Hall–Kier alpha value is -1.43. The second-order valence-corrected chi connectivity index (χ2v) is 6.42. The van der Waals surface area contributed by atoms with Crippen molar-refractivity contribution < 1.29 is 9.00 Å². The van der Waals surface area contributed by atoms with Crippen molar-refractivity contribution in [2.45, 2.75) is 25.8 Å². The molecule has 0 radical (unpaired) electrons. The number of anilines is 1. The molecular formula is C13H19N3O2S. The van der Waals surface area contributed by atoms with Gasteiger partial charge in [-0.2, -0.15) is 0 Å². The van der Waals surface area contributed by atoms with E-state index in [4.69, 9.17) is 0 Å². The van der Waals surface area contributed by atoms with Crippen LogP contribution in [0, 0.1) is 6.92 Å². The fraction of sp³-hybridized carbons (Fsp3) is 0.538. The third kappa shape index (κ3) is 3.76. The van der Waals surface area contributed by atoms with Gasteiger partial charge in [-0.15, -0.1) is 0 Å². The summed E-state index contributed by atoms with van der Waals surface area (Å²) in [6.45, 7) is 1.86. The Bertz CT molecular complexity index is 495. The quantitative estimate of drug-likeness (QED) is 0.869. The minimum absolute atomic E-state index is 0.0836. The van der Waals surface area contributed by atoms with E-state index in [0.29, 0.717) is 22.9 Å². The molecule has 0 atom stereocenters. The lowest BCUT2D eigenvalue weighted by molar-refractivity contribution is 0.0934. The molecule has 1 aromatic heterocycles. The fourth-order valence-electron chi connectivity index (χ4n) is 2.13. The van der Waals surface area contributed by atoms with Crippen LogP contribution < -0.4 is 10.6 Å². The molecule has 1 saturated heterocycles. The molecule has 0 saturated carbocycles. The van der Waals surface area contributed by atoms with Crippen LogP contribution in [0.4, 0.5) is 5.82 Å². The smallest absolute Gasteiger partial charge is 0.251 e. The van der Waals surface area contributed by atoms with Crippen LogP contribution in [-0.2, 0) is 10.8 Å². The van der Waals surface area contributed by atoms with Crippen LogP contribution in [0.3, 0.4) is 0 Å². The van der Waals surface area contributed by atoms with Crippen LogP contribution in [0.2, 0.25) is 0 Å². The van der Waals surface area contributed by atoms with E-state index in [1.807, 2.05) is 6.92 Å². The van der Waals surface area contributed by atoms with E-state index in [1.54, 1.807) is 19.2 Å². The normalized spacial score (nSPS) is 22.8. The van der Waals surface area contributed by atoms with Gasteiger partial charge >= 0.3 is 0 Å². The van der Waals surface area contributed by atoms with Gasteiger partial charge in [-0.1, -0.05) is 0 Å². The number of aryl methyl sites for hydroxylation is 1. The first-order valence-electron chi connectivity index (χ1n) is 6.41. The zero-order valence-corrected chi connectivity index (χ0v) is 12.0. The average Bonchev–Trinajstić information content (AvgIpc) is 2.40. The minimum atomic E-state index is -0.700. The van der Waals surface area contributed by atoms with Crippen molar-refractivity contribution in [1.82, 2.24) is 10.3 Å². The van der Waals surface area contributed by atoms with Gasteiger partial charge in [0.2, 0.25) is 0 Å². The number of amides is 1. The van der Waals surface area contributed by atoms with Gasteiger partial charge in [-0.05, 0) is 31.9 Å². The maximum absolute atomic E-state index is 12.2. The molecule has 1 amide bonds. The molecule has 2 heterocycles. The molecule has 0 bridgehead atoms. The predicted molar refractivity (Wildman–Crippen MR) is 76.9 cm³/mol. The first-order valence-corrected chi connectivity index (χ1v) is 7.89. The molecule has 104 valence electrons. The third-order valence-corrected chi connectivity index (χ3v) is 4.58. The van der Waals surface area contributed by atoms with E-state index in [-0.39, 0.29) is 11.9 Å². The van der Waals surface area contributed by atoms with E-state index in [1.165, 1.54) is 0 Å². The topological polar surface area (TPSA) is 71.1 Å². The van der Waals surface area contributed by atoms with Crippen LogP contribution in [-0.4, -0.2) is 39.7 Å². The molecule has 1 fully saturated rings. The second-order valence-electron chi connectivity index (χ2n) is 4.73. The number of aromatic nitrogens is 1. The van der Waals surface area contributed by atoms with Crippen LogP contribution in [0.1, 0.15) is 28.9 Å². The summed E-state index contributed by atoms with van der Waals surface area (Å²) in [5, 5.41) is 5.95. The number of hydrogen-bond donors (Lipinski definition) is 2. The highest BCUT2D eigenvalue weighted by molar-refractivity contribution is 7.85. The number of carbonyl (C=O) groups excluding carboxylic acids is 1. The van der Waals surface area contributed by atoms with Gasteiger partial charge in [-0.3, -0.25) is 9.00 Å².